The zero-order valence-electron chi connectivity index (χ0n) is 11.7. The maximum atomic E-state index is 6.37. The Morgan fingerprint density at radius 3 is 2.70 bits per heavy atom. The van der Waals surface area contributed by atoms with Gasteiger partial charge in [0.05, 0.1) is 3.79 Å². The Labute approximate surface area is 138 Å². The summed E-state index contributed by atoms with van der Waals surface area (Å²) in [6.07, 6.45) is 2.05. The van der Waals surface area contributed by atoms with Crippen LogP contribution in [0.5, 0.6) is 0 Å². The quantitative estimate of drug-likeness (QED) is 0.680. The average Bonchev–Trinajstić information content (AvgIpc) is 2.83. The second kappa shape index (κ2) is 7.60. The molecule has 0 radical (unpaired) electrons. The van der Waals surface area contributed by atoms with Gasteiger partial charge in [-0.1, -0.05) is 30.7 Å². The minimum Gasteiger partial charge on any atom is -0.309 e. The number of thiophene rings is 1. The molecule has 0 saturated heterocycles. The number of benzene rings is 1. The predicted octanol–water partition coefficient (Wildman–Crippen LogP) is 5.76. The Hall–Kier alpha value is -0.350. The Bertz CT molecular complexity index is 567. The van der Waals surface area contributed by atoms with Gasteiger partial charge in [-0.2, -0.15) is 0 Å². The van der Waals surface area contributed by atoms with Gasteiger partial charge in [0.25, 0.3) is 0 Å². The number of rotatable bonds is 6. The molecule has 0 aliphatic rings. The highest BCUT2D eigenvalue weighted by Gasteiger charge is 2.15. The van der Waals surface area contributed by atoms with E-state index < -0.39 is 0 Å². The van der Waals surface area contributed by atoms with Gasteiger partial charge in [0, 0.05) is 15.9 Å². The van der Waals surface area contributed by atoms with Crippen molar-refractivity contribution in [1.82, 2.24) is 5.32 Å². The average molecular weight is 373 g/mol. The normalized spacial score (nSPS) is 12.6. The summed E-state index contributed by atoms with van der Waals surface area (Å²) >= 11 is 11.7. The topological polar surface area (TPSA) is 12.0 Å². The fourth-order valence-electron chi connectivity index (χ4n) is 2.15. The maximum Gasteiger partial charge on any atom is 0.0701 e. The van der Waals surface area contributed by atoms with Gasteiger partial charge in [-0.15, -0.1) is 11.3 Å². The maximum absolute atomic E-state index is 6.37. The van der Waals surface area contributed by atoms with Crippen molar-refractivity contribution in [2.24, 2.45) is 0 Å². The number of hydrogen-bond donors (Lipinski definition) is 1. The molecule has 0 saturated carbocycles. The molecule has 2 rings (SSSR count). The molecule has 0 aliphatic carbocycles. The molecule has 2 aromatic rings. The van der Waals surface area contributed by atoms with Crippen LogP contribution < -0.4 is 5.32 Å². The van der Waals surface area contributed by atoms with Crippen molar-refractivity contribution in [2.45, 2.75) is 32.7 Å². The molecule has 20 heavy (non-hydrogen) atoms. The number of halogens is 2. The summed E-state index contributed by atoms with van der Waals surface area (Å²) in [5.74, 6) is 0. The first-order chi connectivity index (χ1) is 9.60. The van der Waals surface area contributed by atoms with Crippen LogP contribution >= 0.6 is 38.9 Å². The van der Waals surface area contributed by atoms with Crippen molar-refractivity contribution < 1.29 is 0 Å². The molecule has 1 aromatic heterocycles. The van der Waals surface area contributed by atoms with Crippen LogP contribution in [0.15, 0.2) is 34.1 Å². The minimum atomic E-state index is 0.325. The van der Waals surface area contributed by atoms with Gasteiger partial charge in [-0.05, 0) is 71.6 Å². The summed E-state index contributed by atoms with van der Waals surface area (Å²) in [4.78, 5) is 1.35. The third kappa shape index (κ3) is 4.32. The van der Waals surface area contributed by atoms with E-state index in [0.29, 0.717) is 6.04 Å². The fraction of sp³-hybridized carbons (Fsp3) is 0.375. The van der Waals surface area contributed by atoms with E-state index in [-0.39, 0.29) is 0 Å². The largest absolute Gasteiger partial charge is 0.309 e. The van der Waals surface area contributed by atoms with E-state index in [1.165, 1.54) is 19.8 Å². The standard InChI is InChI=1S/C16H19BrClNS/c1-3-8-19-14(15-6-7-16(17)20-15)10-12-5-4-11(2)9-13(12)18/h4-7,9,14,19H,3,8,10H2,1-2H3. The van der Waals surface area contributed by atoms with Gasteiger partial charge in [0.2, 0.25) is 0 Å². The van der Waals surface area contributed by atoms with Crippen molar-refractivity contribution in [3.8, 4) is 0 Å². The summed E-state index contributed by atoms with van der Waals surface area (Å²) in [6.45, 7) is 5.27. The van der Waals surface area contributed by atoms with E-state index in [2.05, 4.69) is 59.4 Å². The van der Waals surface area contributed by atoms with Crippen LogP contribution in [-0.2, 0) is 6.42 Å². The molecular weight excluding hydrogens is 354 g/mol. The Morgan fingerprint density at radius 1 is 1.30 bits per heavy atom. The van der Waals surface area contributed by atoms with Gasteiger partial charge >= 0.3 is 0 Å². The highest BCUT2D eigenvalue weighted by Crippen LogP contribution is 2.31. The van der Waals surface area contributed by atoms with Crippen LogP contribution in [0.2, 0.25) is 5.02 Å². The molecule has 0 aliphatic heterocycles. The second-order valence-electron chi connectivity index (χ2n) is 4.95. The van der Waals surface area contributed by atoms with Gasteiger partial charge in [0.1, 0.15) is 0 Å². The Balaban J connectivity index is 2.18. The monoisotopic (exact) mass is 371 g/mol. The third-order valence-corrected chi connectivity index (χ3v) is 5.30. The third-order valence-electron chi connectivity index (χ3n) is 3.21. The first kappa shape index (κ1) is 16.0. The lowest BCUT2D eigenvalue weighted by molar-refractivity contribution is 0.536. The minimum absolute atomic E-state index is 0.325. The zero-order valence-corrected chi connectivity index (χ0v) is 14.9. The van der Waals surface area contributed by atoms with Crippen molar-refractivity contribution in [3.63, 3.8) is 0 Å². The molecule has 1 heterocycles. The lowest BCUT2D eigenvalue weighted by atomic mass is 10.0. The molecule has 0 spiro atoms. The number of hydrogen-bond acceptors (Lipinski definition) is 2. The van der Waals surface area contributed by atoms with E-state index in [1.54, 1.807) is 11.3 Å². The molecular formula is C16H19BrClNS. The smallest absolute Gasteiger partial charge is 0.0701 e. The Morgan fingerprint density at radius 2 is 2.10 bits per heavy atom. The molecule has 1 N–H and O–H groups in total. The van der Waals surface area contributed by atoms with E-state index in [4.69, 9.17) is 11.6 Å². The second-order valence-corrected chi connectivity index (χ2v) is 7.85. The molecule has 1 nitrogen and oxygen atoms in total. The SMILES string of the molecule is CCCNC(Cc1ccc(C)cc1Cl)c1ccc(Br)s1. The lowest BCUT2D eigenvalue weighted by Gasteiger charge is -2.18. The molecule has 1 atom stereocenters. The predicted molar refractivity (Wildman–Crippen MR) is 92.9 cm³/mol. The summed E-state index contributed by atoms with van der Waals surface area (Å²) < 4.78 is 1.17. The zero-order chi connectivity index (χ0) is 14.5. The molecule has 0 fully saturated rings. The first-order valence-corrected chi connectivity index (χ1v) is 8.82. The van der Waals surface area contributed by atoms with Gasteiger partial charge in [0.15, 0.2) is 0 Å². The summed E-state index contributed by atoms with van der Waals surface area (Å²) in [5, 5.41) is 4.49. The number of aryl methyl sites for hydroxylation is 1. The molecule has 1 unspecified atom stereocenters. The molecule has 0 bridgehead atoms. The van der Waals surface area contributed by atoms with E-state index in [9.17, 15) is 0 Å². The summed E-state index contributed by atoms with van der Waals surface area (Å²) in [7, 11) is 0. The van der Waals surface area contributed by atoms with Crippen molar-refractivity contribution in [2.75, 3.05) is 6.54 Å². The van der Waals surface area contributed by atoms with Crippen molar-refractivity contribution >= 4 is 38.9 Å². The van der Waals surface area contributed by atoms with Crippen LogP contribution in [0.3, 0.4) is 0 Å². The van der Waals surface area contributed by atoms with E-state index in [0.717, 1.165) is 24.4 Å². The van der Waals surface area contributed by atoms with Gasteiger partial charge in [-0.3, -0.25) is 0 Å². The van der Waals surface area contributed by atoms with E-state index >= 15 is 0 Å². The first-order valence-electron chi connectivity index (χ1n) is 6.83. The molecule has 108 valence electrons. The number of nitrogens with one attached hydrogen (secondary N) is 1. The highest BCUT2D eigenvalue weighted by atomic mass is 79.9. The molecule has 0 amide bonds. The molecule has 1 aromatic carbocycles. The summed E-state index contributed by atoms with van der Waals surface area (Å²) in [6, 6.07) is 10.9. The van der Waals surface area contributed by atoms with Crippen LogP contribution in [0.4, 0.5) is 0 Å². The van der Waals surface area contributed by atoms with Crippen LogP contribution in [0.25, 0.3) is 0 Å². The Kier molecular flexibility index (Phi) is 6.09. The lowest BCUT2D eigenvalue weighted by Crippen LogP contribution is -2.23. The van der Waals surface area contributed by atoms with Crippen LogP contribution in [0.1, 0.15) is 35.4 Å². The van der Waals surface area contributed by atoms with E-state index in [1.807, 2.05) is 6.07 Å². The molecule has 4 heteroatoms. The van der Waals surface area contributed by atoms with Crippen LogP contribution in [-0.4, -0.2) is 6.54 Å². The highest BCUT2D eigenvalue weighted by molar-refractivity contribution is 9.11. The van der Waals surface area contributed by atoms with Crippen LogP contribution in [0, 0.1) is 6.92 Å². The van der Waals surface area contributed by atoms with Gasteiger partial charge in [-0.25, -0.2) is 0 Å². The fourth-order valence-corrected chi connectivity index (χ4v) is 3.96. The van der Waals surface area contributed by atoms with Crippen molar-refractivity contribution in [1.29, 1.82) is 0 Å². The van der Waals surface area contributed by atoms with Crippen molar-refractivity contribution in [3.05, 3.63) is 55.1 Å². The summed E-state index contributed by atoms with van der Waals surface area (Å²) in [5.41, 5.74) is 2.41. The van der Waals surface area contributed by atoms with Gasteiger partial charge < -0.3 is 5.32 Å².